The molecule has 0 heterocycles. The van der Waals surface area contributed by atoms with Crippen LogP contribution in [0.2, 0.25) is 0 Å². The lowest BCUT2D eigenvalue weighted by Crippen LogP contribution is -2.35. The fourth-order valence-corrected chi connectivity index (χ4v) is 1.98. The summed E-state index contributed by atoms with van der Waals surface area (Å²) in [6, 6.07) is 4.06. The van der Waals surface area contributed by atoms with Gasteiger partial charge >= 0.3 is 12.0 Å². The van der Waals surface area contributed by atoms with Crippen LogP contribution in [0, 0.1) is 0 Å². The topological polar surface area (TPSA) is 78.4 Å². The van der Waals surface area contributed by atoms with Gasteiger partial charge in [0.1, 0.15) is 0 Å². The van der Waals surface area contributed by atoms with Gasteiger partial charge in [0.15, 0.2) is 0 Å². The summed E-state index contributed by atoms with van der Waals surface area (Å²) in [6.45, 7) is 5.44. The van der Waals surface area contributed by atoms with Gasteiger partial charge in [0.2, 0.25) is 0 Å². The Morgan fingerprint density at radius 3 is 2.74 bits per heavy atom. The number of carboxylic acid groups (broad SMARTS) is 1. The average Bonchev–Trinajstić information content (AvgIpc) is 2.27. The molecule has 1 aromatic carbocycles. The molecular formula is C13H15BrN2O3. The summed E-state index contributed by atoms with van der Waals surface area (Å²) in [5, 5.41) is 14.2. The van der Waals surface area contributed by atoms with E-state index < -0.39 is 5.97 Å². The summed E-state index contributed by atoms with van der Waals surface area (Å²) >= 11 is 3.20. The van der Waals surface area contributed by atoms with E-state index in [0.29, 0.717) is 16.6 Å². The van der Waals surface area contributed by atoms with Crippen molar-refractivity contribution < 1.29 is 14.7 Å². The van der Waals surface area contributed by atoms with Crippen molar-refractivity contribution in [3.63, 3.8) is 0 Å². The van der Waals surface area contributed by atoms with E-state index >= 15 is 0 Å². The van der Waals surface area contributed by atoms with Crippen molar-refractivity contribution in [1.29, 1.82) is 0 Å². The Morgan fingerprint density at radius 2 is 2.16 bits per heavy atom. The molecule has 0 aliphatic heterocycles. The van der Waals surface area contributed by atoms with E-state index in [9.17, 15) is 9.59 Å². The van der Waals surface area contributed by atoms with E-state index in [0.717, 1.165) is 0 Å². The Labute approximate surface area is 119 Å². The van der Waals surface area contributed by atoms with Crippen molar-refractivity contribution in [2.75, 3.05) is 5.32 Å². The van der Waals surface area contributed by atoms with Gasteiger partial charge in [0, 0.05) is 16.2 Å². The molecule has 0 saturated heterocycles. The van der Waals surface area contributed by atoms with E-state index in [2.05, 4.69) is 33.1 Å². The van der Waals surface area contributed by atoms with E-state index in [-0.39, 0.29) is 17.6 Å². The van der Waals surface area contributed by atoms with Gasteiger partial charge in [-0.3, -0.25) is 0 Å². The first-order chi connectivity index (χ1) is 8.92. The Kier molecular flexibility index (Phi) is 5.57. The monoisotopic (exact) mass is 326 g/mol. The van der Waals surface area contributed by atoms with Crippen LogP contribution in [0.4, 0.5) is 10.5 Å². The molecule has 102 valence electrons. The van der Waals surface area contributed by atoms with E-state index in [1.165, 1.54) is 12.1 Å². The second kappa shape index (κ2) is 6.94. The highest BCUT2D eigenvalue weighted by Gasteiger charge is 2.09. The van der Waals surface area contributed by atoms with Crippen LogP contribution in [0.3, 0.4) is 0 Å². The predicted molar refractivity (Wildman–Crippen MR) is 77.5 cm³/mol. The Morgan fingerprint density at radius 1 is 1.47 bits per heavy atom. The van der Waals surface area contributed by atoms with Crippen LogP contribution >= 0.6 is 15.9 Å². The van der Waals surface area contributed by atoms with Crippen molar-refractivity contribution in [3.05, 3.63) is 40.9 Å². The van der Waals surface area contributed by atoms with Gasteiger partial charge in [-0.1, -0.05) is 22.0 Å². The van der Waals surface area contributed by atoms with Gasteiger partial charge in [-0.15, -0.1) is 6.58 Å². The standard InChI is InChI=1S/C13H15BrN2O3/c1-3-4-8(2)15-13(19)16-11-6-9(12(17)18)5-10(14)7-11/h3,5-8H,1,4H2,2H3,(H,17,18)(H2,15,16,19). The summed E-state index contributed by atoms with van der Waals surface area (Å²) in [5.74, 6) is -1.05. The number of carbonyl (C=O) groups is 2. The summed E-state index contributed by atoms with van der Waals surface area (Å²) in [7, 11) is 0. The summed E-state index contributed by atoms with van der Waals surface area (Å²) in [5.41, 5.74) is 0.513. The number of hydrogen-bond acceptors (Lipinski definition) is 2. The van der Waals surface area contributed by atoms with Crippen molar-refractivity contribution in [2.45, 2.75) is 19.4 Å². The second-order valence-corrected chi connectivity index (χ2v) is 4.97. The fraction of sp³-hybridized carbons (Fsp3) is 0.231. The molecule has 0 radical (unpaired) electrons. The Bertz CT molecular complexity index is 503. The molecule has 1 atom stereocenters. The van der Waals surface area contributed by atoms with Gasteiger partial charge in [0.25, 0.3) is 0 Å². The van der Waals surface area contributed by atoms with Crippen LogP contribution < -0.4 is 10.6 Å². The molecule has 0 spiro atoms. The highest BCUT2D eigenvalue weighted by atomic mass is 79.9. The number of nitrogens with one attached hydrogen (secondary N) is 2. The first-order valence-electron chi connectivity index (χ1n) is 5.64. The third kappa shape index (κ3) is 5.13. The predicted octanol–water partition coefficient (Wildman–Crippen LogP) is 3.23. The van der Waals surface area contributed by atoms with Gasteiger partial charge in [-0.2, -0.15) is 0 Å². The maximum absolute atomic E-state index is 11.7. The molecule has 5 nitrogen and oxygen atoms in total. The molecule has 0 fully saturated rings. The zero-order valence-corrected chi connectivity index (χ0v) is 12.0. The lowest BCUT2D eigenvalue weighted by molar-refractivity contribution is 0.0697. The maximum atomic E-state index is 11.7. The minimum Gasteiger partial charge on any atom is -0.478 e. The van der Waals surface area contributed by atoms with Crippen LogP contribution in [-0.4, -0.2) is 23.1 Å². The van der Waals surface area contributed by atoms with Gasteiger partial charge in [-0.05, 0) is 31.5 Å². The van der Waals surface area contributed by atoms with Crippen LogP contribution in [0.25, 0.3) is 0 Å². The maximum Gasteiger partial charge on any atom is 0.335 e. The molecule has 0 aromatic heterocycles. The van der Waals surface area contributed by atoms with Crippen molar-refractivity contribution >= 4 is 33.6 Å². The first-order valence-corrected chi connectivity index (χ1v) is 6.44. The number of amides is 2. The molecule has 1 unspecified atom stereocenters. The number of carboxylic acids is 1. The molecule has 6 heteroatoms. The fourth-order valence-electron chi connectivity index (χ4n) is 1.49. The smallest absolute Gasteiger partial charge is 0.335 e. The largest absolute Gasteiger partial charge is 0.478 e. The van der Waals surface area contributed by atoms with Crippen LogP contribution in [0.15, 0.2) is 35.3 Å². The zero-order valence-electron chi connectivity index (χ0n) is 10.4. The van der Waals surface area contributed by atoms with Gasteiger partial charge in [-0.25, -0.2) is 9.59 Å². The van der Waals surface area contributed by atoms with Crippen molar-refractivity contribution in [1.82, 2.24) is 5.32 Å². The minimum atomic E-state index is -1.05. The summed E-state index contributed by atoms with van der Waals surface area (Å²) in [6.07, 6.45) is 2.37. The minimum absolute atomic E-state index is 0.0383. The third-order valence-electron chi connectivity index (χ3n) is 2.30. The molecular weight excluding hydrogens is 312 g/mol. The Balaban J connectivity index is 2.73. The van der Waals surface area contributed by atoms with Crippen molar-refractivity contribution in [3.8, 4) is 0 Å². The first kappa shape index (κ1) is 15.2. The number of aromatic carboxylic acids is 1. The third-order valence-corrected chi connectivity index (χ3v) is 2.76. The number of anilines is 1. The number of rotatable bonds is 5. The van der Waals surface area contributed by atoms with Crippen molar-refractivity contribution in [2.24, 2.45) is 0 Å². The molecule has 2 amide bonds. The molecule has 0 aliphatic carbocycles. The molecule has 1 rings (SSSR count). The number of urea groups is 1. The molecule has 0 saturated carbocycles. The van der Waals surface area contributed by atoms with Crippen LogP contribution in [0.5, 0.6) is 0 Å². The number of benzene rings is 1. The lowest BCUT2D eigenvalue weighted by atomic mass is 10.2. The van der Waals surface area contributed by atoms with E-state index in [1.807, 2.05) is 6.92 Å². The summed E-state index contributed by atoms with van der Waals surface area (Å²) in [4.78, 5) is 22.6. The highest BCUT2D eigenvalue weighted by molar-refractivity contribution is 9.10. The molecule has 19 heavy (non-hydrogen) atoms. The molecule has 3 N–H and O–H groups in total. The average molecular weight is 327 g/mol. The quantitative estimate of drug-likeness (QED) is 0.727. The van der Waals surface area contributed by atoms with Crippen LogP contribution in [0.1, 0.15) is 23.7 Å². The van der Waals surface area contributed by atoms with Gasteiger partial charge < -0.3 is 15.7 Å². The molecule has 0 aliphatic rings. The SMILES string of the molecule is C=CCC(C)NC(=O)Nc1cc(Br)cc(C(=O)O)c1. The van der Waals surface area contributed by atoms with Gasteiger partial charge in [0.05, 0.1) is 5.56 Å². The second-order valence-electron chi connectivity index (χ2n) is 4.06. The summed E-state index contributed by atoms with van der Waals surface area (Å²) < 4.78 is 0.585. The zero-order chi connectivity index (χ0) is 14.4. The molecule has 1 aromatic rings. The normalized spacial score (nSPS) is 11.5. The number of hydrogen-bond donors (Lipinski definition) is 3. The Hall–Kier alpha value is -1.82. The van der Waals surface area contributed by atoms with Crippen LogP contribution in [-0.2, 0) is 0 Å². The highest BCUT2D eigenvalue weighted by Crippen LogP contribution is 2.19. The molecule has 0 bridgehead atoms. The number of carbonyl (C=O) groups excluding carboxylic acids is 1. The van der Waals surface area contributed by atoms with E-state index in [4.69, 9.17) is 5.11 Å². The number of halogens is 1. The lowest BCUT2D eigenvalue weighted by Gasteiger charge is -2.13. The van der Waals surface area contributed by atoms with E-state index in [1.54, 1.807) is 12.1 Å².